The summed E-state index contributed by atoms with van der Waals surface area (Å²) in [5.41, 5.74) is 0. The largest absolute Gasteiger partial charge is 0.354 e. The molecule has 1 aliphatic rings. The highest BCUT2D eigenvalue weighted by Gasteiger charge is 2.24. The summed E-state index contributed by atoms with van der Waals surface area (Å²) in [6, 6.07) is 4.13. The van der Waals surface area contributed by atoms with Crippen LogP contribution in [0.5, 0.6) is 0 Å². The van der Waals surface area contributed by atoms with Crippen molar-refractivity contribution >= 4 is 5.82 Å². The fraction of sp³-hybridized carbons (Fsp3) is 0.615. The minimum absolute atomic E-state index is 0.231. The number of anilines is 1. The first-order valence-electron chi connectivity index (χ1n) is 6.23. The van der Waals surface area contributed by atoms with Gasteiger partial charge < -0.3 is 10.2 Å². The van der Waals surface area contributed by atoms with E-state index in [1.807, 2.05) is 19.0 Å². The summed E-state index contributed by atoms with van der Waals surface area (Å²) in [6.07, 6.45) is 6.14. The molecule has 4 heteroatoms. The highest BCUT2D eigenvalue weighted by Crippen LogP contribution is 2.26. The minimum atomic E-state index is -0.231. The number of nitrogens with one attached hydrogen (secondary N) is 1. The molecule has 3 nitrogen and oxygen atoms in total. The summed E-state index contributed by atoms with van der Waals surface area (Å²) < 4.78 is 13.6. The fourth-order valence-electron chi connectivity index (χ4n) is 2.56. The van der Waals surface area contributed by atoms with Crippen molar-refractivity contribution in [2.75, 3.05) is 19.0 Å². The third-order valence-electron chi connectivity index (χ3n) is 3.73. The van der Waals surface area contributed by atoms with Crippen LogP contribution in [0, 0.1) is 5.82 Å². The van der Waals surface area contributed by atoms with Crippen LogP contribution >= 0.6 is 0 Å². The van der Waals surface area contributed by atoms with Crippen LogP contribution in [0.4, 0.5) is 10.2 Å². The first kappa shape index (κ1) is 12.3. The van der Waals surface area contributed by atoms with Gasteiger partial charge in [0.2, 0.25) is 0 Å². The first-order valence-corrected chi connectivity index (χ1v) is 6.23. The fourth-order valence-corrected chi connectivity index (χ4v) is 2.56. The van der Waals surface area contributed by atoms with Gasteiger partial charge in [-0.15, -0.1) is 0 Å². The predicted molar refractivity (Wildman–Crippen MR) is 67.7 cm³/mol. The summed E-state index contributed by atoms with van der Waals surface area (Å²) in [4.78, 5) is 6.12. The Hall–Kier alpha value is -1.16. The Bertz CT molecular complexity index is 361. The van der Waals surface area contributed by atoms with Crippen LogP contribution in [-0.4, -0.2) is 31.2 Å². The van der Waals surface area contributed by atoms with Crippen molar-refractivity contribution in [2.24, 2.45) is 0 Å². The molecule has 1 heterocycles. The second-order valence-corrected chi connectivity index (χ2v) is 4.71. The maximum atomic E-state index is 13.6. The van der Waals surface area contributed by atoms with Crippen molar-refractivity contribution in [1.82, 2.24) is 10.3 Å². The van der Waals surface area contributed by atoms with Crippen molar-refractivity contribution < 1.29 is 4.39 Å². The highest BCUT2D eigenvalue weighted by atomic mass is 19.1. The predicted octanol–water partition coefficient (Wildman–Crippen LogP) is 2.19. The number of rotatable bonds is 3. The normalized spacial score (nSPS) is 24.6. The molecule has 1 aliphatic carbocycles. The van der Waals surface area contributed by atoms with Crippen LogP contribution in [0.15, 0.2) is 18.3 Å². The quantitative estimate of drug-likeness (QED) is 0.873. The molecule has 17 heavy (non-hydrogen) atoms. The van der Waals surface area contributed by atoms with E-state index in [-0.39, 0.29) is 5.82 Å². The van der Waals surface area contributed by atoms with E-state index in [1.54, 1.807) is 12.3 Å². The summed E-state index contributed by atoms with van der Waals surface area (Å²) >= 11 is 0. The van der Waals surface area contributed by atoms with Crippen molar-refractivity contribution in [3.8, 4) is 0 Å². The number of nitrogens with zero attached hydrogens (tertiary/aromatic N) is 2. The molecule has 0 unspecified atom stereocenters. The lowest BCUT2D eigenvalue weighted by molar-refractivity contribution is 0.349. The van der Waals surface area contributed by atoms with Gasteiger partial charge in [-0.3, -0.25) is 0 Å². The molecule has 1 fully saturated rings. The lowest BCUT2D eigenvalue weighted by Crippen LogP contribution is -2.40. The molecule has 1 aromatic rings. The zero-order valence-electron chi connectivity index (χ0n) is 10.5. The topological polar surface area (TPSA) is 28.2 Å². The van der Waals surface area contributed by atoms with E-state index in [2.05, 4.69) is 10.3 Å². The first-order chi connectivity index (χ1) is 8.22. The van der Waals surface area contributed by atoms with Crippen LogP contribution < -0.4 is 10.2 Å². The lowest BCUT2D eigenvalue weighted by atomic mass is 9.90. The summed E-state index contributed by atoms with van der Waals surface area (Å²) in [5, 5.41) is 3.31. The van der Waals surface area contributed by atoms with Crippen molar-refractivity contribution in [2.45, 2.75) is 37.8 Å². The minimum Gasteiger partial charge on any atom is -0.354 e. The Kier molecular flexibility index (Phi) is 3.94. The van der Waals surface area contributed by atoms with Crippen LogP contribution in [0.1, 0.15) is 25.7 Å². The van der Waals surface area contributed by atoms with E-state index in [1.165, 1.54) is 6.07 Å². The summed E-state index contributed by atoms with van der Waals surface area (Å²) in [7, 11) is 3.95. The molecule has 0 bridgehead atoms. The second-order valence-electron chi connectivity index (χ2n) is 4.71. The highest BCUT2D eigenvalue weighted by molar-refractivity contribution is 5.39. The van der Waals surface area contributed by atoms with Crippen LogP contribution in [-0.2, 0) is 0 Å². The zero-order chi connectivity index (χ0) is 12.3. The Morgan fingerprint density at radius 3 is 2.65 bits per heavy atom. The van der Waals surface area contributed by atoms with Gasteiger partial charge >= 0.3 is 0 Å². The third kappa shape index (κ3) is 2.75. The van der Waals surface area contributed by atoms with E-state index >= 15 is 0 Å². The van der Waals surface area contributed by atoms with Crippen LogP contribution in [0.25, 0.3) is 0 Å². The Balaban J connectivity index is 2.02. The van der Waals surface area contributed by atoms with Crippen molar-refractivity contribution in [3.63, 3.8) is 0 Å². The molecule has 0 radical (unpaired) electrons. The monoisotopic (exact) mass is 237 g/mol. The Labute approximate surface area is 102 Å². The van der Waals surface area contributed by atoms with E-state index < -0.39 is 0 Å². The van der Waals surface area contributed by atoms with Gasteiger partial charge in [0, 0.05) is 25.3 Å². The molecule has 0 saturated heterocycles. The van der Waals surface area contributed by atoms with E-state index in [0.717, 1.165) is 25.7 Å². The zero-order valence-corrected chi connectivity index (χ0v) is 10.5. The summed E-state index contributed by atoms with van der Waals surface area (Å²) in [6.45, 7) is 0. The third-order valence-corrected chi connectivity index (χ3v) is 3.73. The molecule has 94 valence electrons. The maximum absolute atomic E-state index is 13.6. The second kappa shape index (κ2) is 5.45. The van der Waals surface area contributed by atoms with E-state index in [0.29, 0.717) is 17.9 Å². The van der Waals surface area contributed by atoms with E-state index in [4.69, 9.17) is 0 Å². The molecule has 0 spiro atoms. The molecule has 2 rings (SSSR count). The number of hydrogen-bond acceptors (Lipinski definition) is 3. The molecule has 0 amide bonds. The van der Waals surface area contributed by atoms with Gasteiger partial charge in [-0.05, 0) is 44.9 Å². The molecule has 0 aromatic carbocycles. The van der Waals surface area contributed by atoms with Gasteiger partial charge in [0.15, 0.2) is 11.6 Å². The van der Waals surface area contributed by atoms with Crippen molar-refractivity contribution in [3.05, 3.63) is 24.1 Å². The number of halogens is 1. The van der Waals surface area contributed by atoms with Crippen molar-refractivity contribution in [1.29, 1.82) is 0 Å². The van der Waals surface area contributed by atoms with Gasteiger partial charge in [-0.2, -0.15) is 0 Å². The number of hydrogen-bond donors (Lipinski definition) is 1. The van der Waals surface area contributed by atoms with E-state index in [9.17, 15) is 4.39 Å². The molecule has 0 aliphatic heterocycles. The number of pyridine rings is 1. The maximum Gasteiger partial charge on any atom is 0.165 e. The van der Waals surface area contributed by atoms with Gasteiger partial charge in [-0.1, -0.05) is 0 Å². The van der Waals surface area contributed by atoms with Gasteiger partial charge in [0.25, 0.3) is 0 Å². The van der Waals surface area contributed by atoms with Gasteiger partial charge in [0.05, 0.1) is 0 Å². The van der Waals surface area contributed by atoms with Crippen LogP contribution in [0.3, 0.4) is 0 Å². The van der Waals surface area contributed by atoms with Gasteiger partial charge in [0.1, 0.15) is 0 Å². The summed E-state index contributed by atoms with van der Waals surface area (Å²) in [5.74, 6) is 0.242. The Morgan fingerprint density at radius 2 is 2.06 bits per heavy atom. The molecule has 1 N–H and O–H groups in total. The average Bonchev–Trinajstić information content (AvgIpc) is 2.39. The SMILES string of the molecule is CNC1CCC(N(C)c2ncccc2F)CC1. The van der Waals surface area contributed by atoms with Crippen LogP contribution in [0.2, 0.25) is 0 Å². The molecular formula is C13H20FN3. The molecular weight excluding hydrogens is 217 g/mol. The molecule has 0 atom stereocenters. The smallest absolute Gasteiger partial charge is 0.165 e. The van der Waals surface area contributed by atoms with Gasteiger partial charge in [-0.25, -0.2) is 9.37 Å². The standard InChI is InChI=1S/C13H20FN3/c1-15-10-5-7-11(8-6-10)17(2)13-12(14)4-3-9-16-13/h3-4,9-11,15H,5-8H2,1-2H3. The molecule has 1 saturated carbocycles. The Morgan fingerprint density at radius 1 is 1.35 bits per heavy atom. The average molecular weight is 237 g/mol. The number of aromatic nitrogens is 1. The molecule has 1 aromatic heterocycles. The lowest BCUT2D eigenvalue weighted by Gasteiger charge is -2.35.